The predicted octanol–water partition coefficient (Wildman–Crippen LogP) is 2.67. The van der Waals surface area contributed by atoms with E-state index in [2.05, 4.69) is 5.32 Å². The van der Waals surface area contributed by atoms with Crippen LogP contribution in [-0.4, -0.2) is 17.7 Å². The van der Waals surface area contributed by atoms with Gasteiger partial charge in [0.1, 0.15) is 0 Å². The van der Waals surface area contributed by atoms with Gasteiger partial charge in [-0.3, -0.25) is 0 Å². The molecule has 18 heavy (non-hydrogen) atoms. The molecule has 0 radical (unpaired) electrons. The first-order valence-corrected chi connectivity index (χ1v) is 6.96. The van der Waals surface area contributed by atoms with E-state index in [1.54, 1.807) is 0 Å². The summed E-state index contributed by atoms with van der Waals surface area (Å²) in [5, 5.41) is 13.4. The topological polar surface area (TPSA) is 58.3 Å². The molecule has 1 aromatic carbocycles. The van der Waals surface area contributed by atoms with Crippen molar-refractivity contribution in [3.05, 3.63) is 29.8 Å². The molecule has 1 aliphatic rings. The van der Waals surface area contributed by atoms with Crippen molar-refractivity contribution in [2.45, 2.75) is 44.8 Å². The summed E-state index contributed by atoms with van der Waals surface area (Å²) >= 11 is 0. The van der Waals surface area contributed by atoms with Gasteiger partial charge in [0.05, 0.1) is 6.10 Å². The van der Waals surface area contributed by atoms with Crippen molar-refractivity contribution in [1.29, 1.82) is 0 Å². The number of benzene rings is 1. The average molecular weight is 248 g/mol. The molecular formula is C15H24N2O. The minimum absolute atomic E-state index is 0.436. The second-order valence-electron chi connectivity index (χ2n) is 5.29. The summed E-state index contributed by atoms with van der Waals surface area (Å²) < 4.78 is 0. The molecule has 0 aliphatic heterocycles. The molecule has 3 atom stereocenters. The van der Waals surface area contributed by atoms with Gasteiger partial charge in [-0.25, -0.2) is 0 Å². The molecule has 0 bridgehead atoms. The van der Waals surface area contributed by atoms with Gasteiger partial charge in [-0.05, 0) is 38.3 Å². The molecule has 3 nitrogen and oxygen atoms in total. The van der Waals surface area contributed by atoms with Crippen LogP contribution < -0.4 is 11.1 Å². The SMILES string of the molecule is CC(O)c1ccccc1NC1CCCCC1CN. The normalized spacial score (nSPS) is 25.7. The maximum Gasteiger partial charge on any atom is 0.0781 e. The Bertz CT molecular complexity index is 379. The highest BCUT2D eigenvalue weighted by atomic mass is 16.3. The Morgan fingerprint density at radius 2 is 2.06 bits per heavy atom. The number of aliphatic hydroxyl groups is 1. The zero-order chi connectivity index (χ0) is 13.0. The number of aliphatic hydroxyl groups excluding tert-OH is 1. The molecule has 0 heterocycles. The fraction of sp³-hybridized carbons (Fsp3) is 0.600. The predicted molar refractivity (Wildman–Crippen MR) is 75.5 cm³/mol. The van der Waals surface area contributed by atoms with Gasteiger partial charge in [0.15, 0.2) is 0 Å². The third kappa shape index (κ3) is 3.03. The summed E-state index contributed by atoms with van der Waals surface area (Å²) in [6, 6.07) is 8.45. The van der Waals surface area contributed by atoms with Gasteiger partial charge in [0, 0.05) is 17.3 Å². The largest absolute Gasteiger partial charge is 0.389 e. The van der Waals surface area contributed by atoms with Crippen LogP contribution in [0.4, 0.5) is 5.69 Å². The van der Waals surface area contributed by atoms with Gasteiger partial charge >= 0.3 is 0 Å². The standard InChI is InChI=1S/C15H24N2O/c1-11(18)13-7-3-5-9-15(13)17-14-8-4-2-6-12(14)10-16/h3,5,7,9,11-12,14,17-18H,2,4,6,8,10,16H2,1H3. The average Bonchev–Trinajstić information content (AvgIpc) is 2.40. The van der Waals surface area contributed by atoms with Crippen LogP contribution in [-0.2, 0) is 0 Å². The lowest BCUT2D eigenvalue weighted by atomic mass is 9.84. The molecule has 100 valence electrons. The Hall–Kier alpha value is -1.06. The number of para-hydroxylation sites is 1. The summed E-state index contributed by atoms with van der Waals surface area (Å²) in [6.45, 7) is 2.55. The molecule has 0 saturated heterocycles. The molecule has 1 aliphatic carbocycles. The monoisotopic (exact) mass is 248 g/mol. The Labute approximate surface area is 109 Å². The number of rotatable bonds is 4. The summed E-state index contributed by atoms with van der Waals surface area (Å²) in [5.41, 5.74) is 7.88. The zero-order valence-corrected chi connectivity index (χ0v) is 11.1. The van der Waals surface area contributed by atoms with Gasteiger partial charge in [0.25, 0.3) is 0 Å². The van der Waals surface area contributed by atoms with Crippen LogP contribution in [0.15, 0.2) is 24.3 Å². The van der Waals surface area contributed by atoms with Crippen LogP contribution in [0.2, 0.25) is 0 Å². The summed E-state index contributed by atoms with van der Waals surface area (Å²) in [5.74, 6) is 0.556. The molecule has 4 N–H and O–H groups in total. The molecule has 0 amide bonds. The van der Waals surface area contributed by atoms with Gasteiger partial charge in [-0.1, -0.05) is 31.0 Å². The van der Waals surface area contributed by atoms with E-state index >= 15 is 0 Å². The molecule has 0 aromatic heterocycles. The Kier molecular flexibility index (Phi) is 4.61. The maximum atomic E-state index is 9.79. The van der Waals surface area contributed by atoms with Crippen molar-refractivity contribution >= 4 is 5.69 Å². The van der Waals surface area contributed by atoms with E-state index < -0.39 is 6.10 Å². The first-order chi connectivity index (χ1) is 8.72. The highest BCUT2D eigenvalue weighted by molar-refractivity contribution is 5.52. The van der Waals surface area contributed by atoms with Crippen molar-refractivity contribution in [3.63, 3.8) is 0 Å². The molecular weight excluding hydrogens is 224 g/mol. The summed E-state index contributed by atoms with van der Waals surface area (Å²) in [4.78, 5) is 0. The summed E-state index contributed by atoms with van der Waals surface area (Å²) in [7, 11) is 0. The first kappa shape index (κ1) is 13.4. The lowest BCUT2D eigenvalue weighted by molar-refractivity contribution is 0.199. The molecule has 1 aromatic rings. The zero-order valence-electron chi connectivity index (χ0n) is 11.1. The van der Waals surface area contributed by atoms with E-state index in [-0.39, 0.29) is 0 Å². The van der Waals surface area contributed by atoms with Crippen molar-refractivity contribution in [2.24, 2.45) is 11.7 Å². The van der Waals surface area contributed by atoms with Crippen molar-refractivity contribution in [3.8, 4) is 0 Å². The minimum atomic E-state index is -0.436. The molecule has 3 heteroatoms. The van der Waals surface area contributed by atoms with Crippen molar-refractivity contribution in [1.82, 2.24) is 0 Å². The van der Waals surface area contributed by atoms with Gasteiger partial charge < -0.3 is 16.2 Å². The van der Waals surface area contributed by atoms with Crippen LogP contribution in [0.3, 0.4) is 0 Å². The highest BCUT2D eigenvalue weighted by Gasteiger charge is 2.24. The molecule has 1 fully saturated rings. The lowest BCUT2D eigenvalue weighted by Gasteiger charge is -2.33. The Balaban J connectivity index is 2.12. The van der Waals surface area contributed by atoms with E-state index in [1.165, 1.54) is 25.7 Å². The summed E-state index contributed by atoms with van der Waals surface area (Å²) in [6.07, 6.45) is 4.51. The maximum absolute atomic E-state index is 9.79. The van der Waals surface area contributed by atoms with Crippen LogP contribution in [0, 0.1) is 5.92 Å². The van der Waals surface area contributed by atoms with E-state index in [9.17, 15) is 5.11 Å². The van der Waals surface area contributed by atoms with Crippen molar-refractivity contribution in [2.75, 3.05) is 11.9 Å². The van der Waals surface area contributed by atoms with E-state index in [0.717, 1.165) is 17.8 Å². The van der Waals surface area contributed by atoms with E-state index in [0.29, 0.717) is 12.0 Å². The number of anilines is 1. The number of nitrogens with one attached hydrogen (secondary N) is 1. The number of hydrogen-bond acceptors (Lipinski definition) is 3. The van der Waals surface area contributed by atoms with Crippen molar-refractivity contribution < 1.29 is 5.11 Å². The number of nitrogens with two attached hydrogens (primary N) is 1. The Morgan fingerprint density at radius 1 is 1.33 bits per heavy atom. The highest BCUT2D eigenvalue weighted by Crippen LogP contribution is 2.29. The Morgan fingerprint density at radius 3 is 2.78 bits per heavy atom. The molecule has 1 saturated carbocycles. The fourth-order valence-electron chi connectivity index (χ4n) is 2.87. The minimum Gasteiger partial charge on any atom is -0.389 e. The molecule has 0 spiro atoms. The van der Waals surface area contributed by atoms with Crippen LogP contribution in [0.5, 0.6) is 0 Å². The smallest absolute Gasteiger partial charge is 0.0781 e. The van der Waals surface area contributed by atoms with Crippen LogP contribution in [0.25, 0.3) is 0 Å². The van der Waals surface area contributed by atoms with Gasteiger partial charge in [0.2, 0.25) is 0 Å². The second-order valence-corrected chi connectivity index (χ2v) is 5.29. The quantitative estimate of drug-likeness (QED) is 0.768. The fourth-order valence-corrected chi connectivity index (χ4v) is 2.87. The van der Waals surface area contributed by atoms with Crippen LogP contribution >= 0.6 is 0 Å². The molecule has 3 unspecified atom stereocenters. The van der Waals surface area contributed by atoms with E-state index in [1.807, 2.05) is 31.2 Å². The van der Waals surface area contributed by atoms with E-state index in [4.69, 9.17) is 5.73 Å². The third-order valence-corrected chi connectivity index (χ3v) is 3.96. The first-order valence-electron chi connectivity index (χ1n) is 6.96. The molecule has 2 rings (SSSR count). The van der Waals surface area contributed by atoms with Crippen LogP contribution in [0.1, 0.15) is 44.3 Å². The lowest BCUT2D eigenvalue weighted by Crippen LogP contribution is -2.37. The van der Waals surface area contributed by atoms with Gasteiger partial charge in [-0.2, -0.15) is 0 Å². The van der Waals surface area contributed by atoms with Gasteiger partial charge in [-0.15, -0.1) is 0 Å². The number of hydrogen-bond donors (Lipinski definition) is 3. The third-order valence-electron chi connectivity index (χ3n) is 3.96. The second kappa shape index (κ2) is 6.21.